The average molecular weight is 418 g/mol. The van der Waals surface area contributed by atoms with Crippen molar-refractivity contribution in [3.63, 3.8) is 0 Å². The molecule has 6 aliphatic rings. The van der Waals surface area contributed by atoms with E-state index in [0.29, 0.717) is 31.6 Å². The number of carbonyl (C=O) groups is 2. The Kier molecular flexibility index (Phi) is 4.24. The van der Waals surface area contributed by atoms with Crippen LogP contribution in [0.3, 0.4) is 0 Å². The lowest BCUT2D eigenvalue weighted by atomic mass is 9.46. The van der Waals surface area contributed by atoms with E-state index < -0.39 is 34.9 Å². The molecule has 2 amide bonds. The number of alkyl carbamates (subject to hydrolysis) is 1. The van der Waals surface area contributed by atoms with Crippen LogP contribution in [0.2, 0.25) is 0 Å². The summed E-state index contributed by atoms with van der Waals surface area (Å²) in [7, 11) is 0. The molecular weight excluding hydrogens is 385 g/mol. The molecule has 0 aromatic carbocycles. The summed E-state index contributed by atoms with van der Waals surface area (Å²) in [5.74, 6) is 0.726. The number of fused-ring (bicyclic) bond motifs is 1. The van der Waals surface area contributed by atoms with Crippen LogP contribution in [-0.2, 0) is 9.53 Å². The van der Waals surface area contributed by atoms with Gasteiger partial charge in [0.15, 0.2) is 0 Å². The molecule has 5 saturated carbocycles. The number of likely N-dealkylation sites (tertiary alicyclic amines) is 1. The quantitative estimate of drug-likeness (QED) is 0.759. The van der Waals surface area contributed by atoms with Crippen LogP contribution in [0.1, 0.15) is 72.1 Å². The minimum absolute atomic E-state index is 0.0957. The fraction of sp³-hybridized carbons (Fsp3) is 0.870. The van der Waals surface area contributed by atoms with Gasteiger partial charge in [0, 0.05) is 11.5 Å². The van der Waals surface area contributed by atoms with Crippen molar-refractivity contribution in [2.45, 2.75) is 102 Å². The summed E-state index contributed by atoms with van der Waals surface area (Å²) in [6, 6.07) is 1.09. The normalized spacial score (nSPS) is 44.2. The van der Waals surface area contributed by atoms with E-state index in [-0.39, 0.29) is 23.8 Å². The second-order valence-electron chi connectivity index (χ2n) is 11.7. The van der Waals surface area contributed by atoms with E-state index >= 15 is 4.39 Å². The SMILES string of the molecule is CC(C)(C)OC(=O)N[C@H](C(=O)N1[C@H](C#N)C[C@@H]2C[C@@H]21)C12C[C@@H]3C[C@@H](CC(F)(C3)C1)C2. The van der Waals surface area contributed by atoms with E-state index in [4.69, 9.17) is 4.74 Å². The zero-order valence-corrected chi connectivity index (χ0v) is 18.1. The van der Waals surface area contributed by atoms with Crippen LogP contribution >= 0.6 is 0 Å². The summed E-state index contributed by atoms with van der Waals surface area (Å²) in [6.45, 7) is 5.35. The molecule has 1 heterocycles. The highest BCUT2D eigenvalue weighted by molar-refractivity contribution is 5.88. The molecule has 7 heteroatoms. The van der Waals surface area contributed by atoms with E-state index in [9.17, 15) is 14.9 Å². The predicted octanol–water partition coefficient (Wildman–Crippen LogP) is 3.70. The van der Waals surface area contributed by atoms with Gasteiger partial charge in [0.25, 0.3) is 0 Å². The molecule has 1 aliphatic heterocycles. The fourth-order valence-corrected chi connectivity index (χ4v) is 7.50. The van der Waals surface area contributed by atoms with Crippen LogP contribution in [0, 0.1) is 34.5 Å². The van der Waals surface area contributed by atoms with Gasteiger partial charge in [-0.2, -0.15) is 5.26 Å². The first-order chi connectivity index (χ1) is 14.0. The molecule has 164 valence electrons. The minimum atomic E-state index is -1.24. The molecular formula is C23H32FN3O3. The van der Waals surface area contributed by atoms with Gasteiger partial charge in [-0.1, -0.05) is 0 Å². The number of alkyl halides is 1. The summed E-state index contributed by atoms with van der Waals surface area (Å²) in [5, 5.41) is 12.5. The van der Waals surface area contributed by atoms with Crippen LogP contribution < -0.4 is 5.32 Å². The molecule has 30 heavy (non-hydrogen) atoms. The molecule has 8 atom stereocenters. The lowest BCUT2D eigenvalue weighted by Crippen LogP contribution is -2.66. The van der Waals surface area contributed by atoms with Crippen molar-refractivity contribution in [1.82, 2.24) is 10.2 Å². The van der Waals surface area contributed by atoms with Crippen LogP contribution in [0.15, 0.2) is 0 Å². The van der Waals surface area contributed by atoms with Gasteiger partial charge in [-0.3, -0.25) is 4.79 Å². The fourth-order valence-electron chi connectivity index (χ4n) is 7.50. The monoisotopic (exact) mass is 417 g/mol. The Morgan fingerprint density at radius 2 is 1.83 bits per heavy atom. The first kappa shape index (κ1) is 20.1. The number of nitrogens with zero attached hydrogens (tertiary/aromatic N) is 2. The Hall–Kier alpha value is -1.84. The standard InChI is InChI=1S/C23H32FN3O3/c1-21(2,3)30-20(29)26-18(19(28)27-16(11-25)5-15-6-17(15)27)22-7-13-4-14(8-22)10-23(24,9-13)12-22/h13-18H,4-10,12H2,1-3H3,(H,26,29)/t13-,14+,15-,16+,17+,18-,22?,23?/m1/s1. The molecule has 0 spiro atoms. The van der Waals surface area contributed by atoms with E-state index in [1.54, 1.807) is 25.7 Å². The number of nitriles is 1. The van der Waals surface area contributed by atoms with Gasteiger partial charge in [-0.25, -0.2) is 9.18 Å². The summed E-state index contributed by atoms with van der Waals surface area (Å²) >= 11 is 0. The molecule has 0 radical (unpaired) electrons. The van der Waals surface area contributed by atoms with Crippen LogP contribution in [0.4, 0.5) is 9.18 Å². The van der Waals surface area contributed by atoms with Crippen LogP contribution in [0.5, 0.6) is 0 Å². The van der Waals surface area contributed by atoms with E-state index in [1.165, 1.54) is 0 Å². The van der Waals surface area contributed by atoms with E-state index in [1.807, 2.05) is 0 Å². The lowest BCUT2D eigenvalue weighted by molar-refractivity contribution is -0.159. The molecule has 6 rings (SSSR count). The number of piperidine rings is 1. The van der Waals surface area contributed by atoms with Crippen molar-refractivity contribution >= 4 is 12.0 Å². The second kappa shape index (κ2) is 6.34. The lowest BCUT2D eigenvalue weighted by Gasteiger charge is -2.61. The first-order valence-corrected chi connectivity index (χ1v) is 11.4. The maximum atomic E-state index is 15.6. The number of hydrogen-bond acceptors (Lipinski definition) is 4. The third-order valence-electron chi connectivity index (χ3n) is 8.06. The number of nitrogens with one attached hydrogen (secondary N) is 1. The summed E-state index contributed by atoms with van der Waals surface area (Å²) in [6.07, 6.45) is 5.02. The minimum Gasteiger partial charge on any atom is -0.444 e. The van der Waals surface area contributed by atoms with Crippen molar-refractivity contribution in [1.29, 1.82) is 5.26 Å². The van der Waals surface area contributed by atoms with Gasteiger partial charge < -0.3 is 15.0 Å². The molecule has 4 bridgehead atoms. The number of carbonyl (C=O) groups excluding carboxylic acids is 2. The summed E-state index contributed by atoms with van der Waals surface area (Å²) < 4.78 is 21.1. The van der Waals surface area contributed by atoms with Gasteiger partial charge in [0.1, 0.15) is 23.4 Å². The molecule has 6 nitrogen and oxygen atoms in total. The van der Waals surface area contributed by atoms with Gasteiger partial charge >= 0.3 is 6.09 Å². The van der Waals surface area contributed by atoms with E-state index in [2.05, 4.69) is 11.4 Å². The Balaban J connectivity index is 1.47. The number of hydrogen-bond donors (Lipinski definition) is 1. The first-order valence-electron chi connectivity index (χ1n) is 11.4. The smallest absolute Gasteiger partial charge is 0.408 e. The van der Waals surface area contributed by atoms with Gasteiger partial charge in [0.2, 0.25) is 5.91 Å². The Bertz CT molecular complexity index is 801. The van der Waals surface area contributed by atoms with Crippen molar-refractivity contribution in [3.05, 3.63) is 0 Å². The molecule has 1 saturated heterocycles. The van der Waals surface area contributed by atoms with Gasteiger partial charge in [-0.15, -0.1) is 0 Å². The third kappa shape index (κ3) is 3.27. The number of amides is 2. The number of halogens is 1. The van der Waals surface area contributed by atoms with Crippen LogP contribution in [0.25, 0.3) is 0 Å². The Morgan fingerprint density at radius 3 is 2.40 bits per heavy atom. The van der Waals surface area contributed by atoms with Crippen molar-refractivity contribution in [2.24, 2.45) is 23.2 Å². The van der Waals surface area contributed by atoms with Crippen molar-refractivity contribution in [2.75, 3.05) is 0 Å². The zero-order valence-electron chi connectivity index (χ0n) is 18.1. The maximum Gasteiger partial charge on any atom is 0.408 e. The molecule has 1 N–H and O–H groups in total. The van der Waals surface area contributed by atoms with Crippen LogP contribution in [-0.4, -0.2) is 46.3 Å². The number of rotatable bonds is 3. The average Bonchev–Trinajstić information content (AvgIpc) is 3.25. The van der Waals surface area contributed by atoms with Gasteiger partial charge in [0.05, 0.1) is 6.07 Å². The van der Waals surface area contributed by atoms with Gasteiger partial charge in [-0.05, 0) is 89.9 Å². The highest BCUT2D eigenvalue weighted by atomic mass is 19.1. The molecule has 0 aromatic heterocycles. The van der Waals surface area contributed by atoms with Crippen molar-refractivity contribution < 1.29 is 18.7 Å². The largest absolute Gasteiger partial charge is 0.444 e. The Morgan fingerprint density at radius 1 is 1.17 bits per heavy atom. The second-order valence-corrected chi connectivity index (χ2v) is 11.7. The highest BCUT2D eigenvalue weighted by Gasteiger charge is 2.64. The summed E-state index contributed by atoms with van der Waals surface area (Å²) in [4.78, 5) is 28.3. The molecule has 2 unspecified atom stereocenters. The summed E-state index contributed by atoms with van der Waals surface area (Å²) in [5.41, 5.74) is -2.51. The molecule has 5 aliphatic carbocycles. The topological polar surface area (TPSA) is 82.4 Å². The third-order valence-corrected chi connectivity index (χ3v) is 8.06. The molecule has 0 aromatic rings. The molecule has 6 fully saturated rings. The zero-order chi connectivity index (χ0) is 21.5. The predicted molar refractivity (Wildman–Crippen MR) is 107 cm³/mol. The van der Waals surface area contributed by atoms with Crippen molar-refractivity contribution in [3.8, 4) is 6.07 Å². The highest BCUT2D eigenvalue weighted by Crippen LogP contribution is 2.64. The van der Waals surface area contributed by atoms with E-state index in [0.717, 1.165) is 25.7 Å². The Labute approximate surface area is 177 Å². The number of ether oxygens (including phenoxy) is 1. The maximum absolute atomic E-state index is 15.6.